The molecule has 1 aromatic carbocycles. The number of fused-ring (bicyclic) bond motifs is 1. The fraction of sp³-hybridized carbons (Fsp3) is 0.588. The Hall–Kier alpha value is -1.15. The van der Waals surface area contributed by atoms with Gasteiger partial charge in [0.05, 0.1) is 12.2 Å². The van der Waals surface area contributed by atoms with Crippen LogP contribution in [0.15, 0.2) is 24.3 Å². The number of hydrogen-bond donors (Lipinski definition) is 0. The monoisotopic (exact) mass is 258 g/mol. The van der Waals surface area contributed by atoms with E-state index in [1.54, 1.807) is 0 Å². The summed E-state index contributed by atoms with van der Waals surface area (Å²) >= 11 is 0. The Bertz CT molecular complexity index is 494. The van der Waals surface area contributed by atoms with Gasteiger partial charge in [-0.3, -0.25) is 4.79 Å². The molecule has 1 aromatic rings. The first-order valence-corrected chi connectivity index (χ1v) is 7.34. The van der Waals surface area contributed by atoms with Crippen LogP contribution >= 0.6 is 0 Å². The molecule has 0 spiro atoms. The van der Waals surface area contributed by atoms with Crippen LogP contribution in [0.25, 0.3) is 0 Å². The molecule has 1 aliphatic carbocycles. The van der Waals surface area contributed by atoms with E-state index in [-0.39, 0.29) is 18.1 Å². The number of hydrogen-bond acceptors (Lipinski definition) is 2. The lowest BCUT2D eigenvalue weighted by atomic mass is 9.72. The third-order valence-electron chi connectivity index (χ3n) is 5.02. The molecule has 3 rings (SSSR count). The molecular weight excluding hydrogens is 236 g/mol. The van der Waals surface area contributed by atoms with Crippen molar-refractivity contribution in [3.05, 3.63) is 35.4 Å². The van der Waals surface area contributed by atoms with E-state index in [1.165, 1.54) is 11.1 Å². The molecule has 0 amide bonds. The molecule has 0 N–H and O–H groups in total. The van der Waals surface area contributed by atoms with E-state index >= 15 is 0 Å². The molecule has 2 aliphatic rings. The summed E-state index contributed by atoms with van der Waals surface area (Å²) in [5.41, 5.74) is 2.79. The number of carbonyl (C=O) groups is 1. The molecule has 5 unspecified atom stereocenters. The Balaban J connectivity index is 1.67. The van der Waals surface area contributed by atoms with Crippen LogP contribution in [0.4, 0.5) is 0 Å². The molecule has 19 heavy (non-hydrogen) atoms. The highest BCUT2D eigenvalue weighted by Crippen LogP contribution is 2.40. The minimum atomic E-state index is 0.0767. The summed E-state index contributed by atoms with van der Waals surface area (Å²) in [5, 5.41) is 0. The summed E-state index contributed by atoms with van der Waals surface area (Å²) in [4.78, 5) is 12.5. The second-order valence-electron chi connectivity index (χ2n) is 6.20. The standard InChI is InChI=1S/C17H22O2/c1-10-11(2)19-12(3)17(10)16(18)9-14-8-13-6-4-5-7-15(13)14/h4-7,10-12,14,17H,8-9H2,1-3H3. The number of ketones is 1. The molecule has 102 valence electrons. The Labute approximate surface area is 115 Å². The van der Waals surface area contributed by atoms with Gasteiger partial charge in [-0.2, -0.15) is 0 Å². The summed E-state index contributed by atoms with van der Waals surface area (Å²) < 4.78 is 5.79. The first kappa shape index (κ1) is 12.9. The van der Waals surface area contributed by atoms with Crippen molar-refractivity contribution in [3.63, 3.8) is 0 Å². The van der Waals surface area contributed by atoms with Gasteiger partial charge in [-0.25, -0.2) is 0 Å². The summed E-state index contributed by atoms with van der Waals surface area (Å²) in [6.07, 6.45) is 2.03. The maximum absolute atomic E-state index is 12.5. The zero-order chi connectivity index (χ0) is 13.6. The van der Waals surface area contributed by atoms with Gasteiger partial charge in [0.1, 0.15) is 5.78 Å². The van der Waals surface area contributed by atoms with Crippen LogP contribution in [0, 0.1) is 11.8 Å². The fourth-order valence-electron chi connectivity index (χ4n) is 3.75. The van der Waals surface area contributed by atoms with Crippen molar-refractivity contribution in [2.75, 3.05) is 0 Å². The number of Topliss-reactive ketones (excluding diaryl/α,β-unsaturated/α-hetero) is 1. The van der Waals surface area contributed by atoms with E-state index in [0.717, 1.165) is 6.42 Å². The van der Waals surface area contributed by atoms with Crippen LogP contribution in [-0.2, 0) is 16.0 Å². The predicted molar refractivity (Wildman–Crippen MR) is 75.2 cm³/mol. The van der Waals surface area contributed by atoms with Crippen molar-refractivity contribution >= 4 is 5.78 Å². The quantitative estimate of drug-likeness (QED) is 0.831. The van der Waals surface area contributed by atoms with Gasteiger partial charge in [-0.15, -0.1) is 0 Å². The van der Waals surface area contributed by atoms with E-state index < -0.39 is 0 Å². The van der Waals surface area contributed by atoms with Gasteiger partial charge < -0.3 is 4.74 Å². The molecule has 1 aliphatic heterocycles. The first-order valence-electron chi connectivity index (χ1n) is 7.34. The highest BCUT2D eigenvalue weighted by molar-refractivity contribution is 5.83. The Morgan fingerprint density at radius 3 is 2.58 bits per heavy atom. The fourth-order valence-corrected chi connectivity index (χ4v) is 3.75. The Kier molecular flexibility index (Phi) is 3.22. The van der Waals surface area contributed by atoms with Gasteiger partial charge in [-0.05, 0) is 43.2 Å². The molecule has 2 nitrogen and oxygen atoms in total. The van der Waals surface area contributed by atoms with Gasteiger partial charge in [0.15, 0.2) is 0 Å². The minimum absolute atomic E-state index is 0.0767. The van der Waals surface area contributed by atoms with Crippen molar-refractivity contribution in [2.45, 2.75) is 51.7 Å². The van der Waals surface area contributed by atoms with Crippen molar-refractivity contribution in [2.24, 2.45) is 11.8 Å². The zero-order valence-corrected chi connectivity index (χ0v) is 11.9. The summed E-state index contributed by atoms with van der Waals surface area (Å²) in [6, 6.07) is 8.48. The molecule has 0 saturated carbocycles. The third-order valence-corrected chi connectivity index (χ3v) is 5.02. The van der Waals surface area contributed by atoms with E-state index in [9.17, 15) is 4.79 Å². The van der Waals surface area contributed by atoms with Crippen LogP contribution in [0.5, 0.6) is 0 Å². The summed E-state index contributed by atoms with van der Waals surface area (Å²) in [7, 11) is 0. The SMILES string of the molecule is CC1OC(C)C(C(=O)CC2Cc3ccccc32)C1C. The molecular formula is C17H22O2. The second kappa shape index (κ2) is 4.75. The van der Waals surface area contributed by atoms with Gasteiger partial charge in [0.2, 0.25) is 0 Å². The van der Waals surface area contributed by atoms with Crippen LogP contribution in [0.3, 0.4) is 0 Å². The third kappa shape index (κ3) is 2.12. The second-order valence-corrected chi connectivity index (χ2v) is 6.20. The maximum atomic E-state index is 12.5. The van der Waals surface area contributed by atoms with Gasteiger partial charge in [0.25, 0.3) is 0 Å². The molecule has 1 saturated heterocycles. The van der Waals surface area contributed by atoms with Crippen molar-refractivity contribution in [1.82, 2.24) is 0 Å². The topological polar surface area (TPSA) is 26.3 Å². The molecule has 0 aromatic heterocycles. The van der Waals surface area contributed by atoms with E-state index in [1.807, 2.05) is 6.92 Å². The van der Waals surface area contributed by atoms with Crippen LogP contribution in [0.1, 0.15) is 44.2 Å². The lowest BCUT2D eigenvalue weighted by Gasteiger charge is -2.31. The van der Waals surface area contributed by atoms with E-state index in [2.05, 4.69) is 38.1 Å². The summed E-state index contributed by atoms with van der Waals surface area (Å²) in [6.45, 7) is 6.26. The van der Waals surface area contributed by atoms with E-state index in [4.69, 9.17) is 4.74 Å². The average Bonchev–Trinajstić information content (AvgIpc) is 2.60. The summed E-state index contributed by atoms with van der Waals surface area (Å²) in [5.74, 6) is 1.27. The van der Waals surface area contributed by atoms with Crippen molar-refractivity contribution in [1.29, 1.82) is 0 Å². The number of benzene rings is 1. The van der Waals surface area contributed by atoms with Gasteiger partial charge in [0, 0.05) is 12.3 Å². The molecule has 1 fully saturated rings. The predicted octanol–water partition coefficient (Wildman–Crippen LogP) is 3.35. The van der Waals surface area contributed by atoms with Crippen LogP contribution < -0.4 is 0 Å². The number of ether oxygens (including phenoxy) is 1. The van der Waals surface area contributed by atoms with Gasteiger partial charge in [-0.1, -0.05) is 31.2 Å². The molecule has 0 radical (unpaired) electrons. The number of rotatable bonds is 3. The molecule has 2 heteroatoms. The first-order chi connectivity index (χ1) is 9.08. The Morgan fingerprint density at radius 1 is 1.21 bits per heavy atom. The Morgan fingerprint density at radius 2 is 1.95 bits per heavy atom. The number of carbonyl (C=O) groups excluding carboxylic acids is 1. The molecule has 5 atom stereocenters. The molecule has 1 heterocycles. The molecule has 0 bridgehead atoms. The highest BCUT2D eigenvalue weighted by atomic mass is 16.5. The highest BCUT2D eigenvalue weighted by Gasteiger charge is 2.42. The zero-order valence-electron chi connectivity index (χ0n) is 11.9. The maximum Gasteiger partial charge on any atom is 0.139 e. The average molecular weight is 258 g/mol. The largest absolute Gasteiger partial charge is 0.375 e. The lowest BCUT2D eigenvalue weighted by molar-refractivity contribution is -0.125. The van der Waals surface area contributed by atoms with Gasteiger partial charge >= 0.3 is 0 Å². The van der Waals surface area contributed by atoms with E-state index in [0.29, 0.717) is 24.0 Å². The van der Waals surface area contributed by atoms with Crippen molar-refractivity contribution < 1.29 is 9.53 Å². The minimum Gasteiger partial charge on any atom is -0.375 e. The smallest absolute Gasteiger partial charge is 0.139 e. The van der Waals surface area contributed by atoms with Crippen LogP contribution in [-0.4, -0.2) is 18.0 Å². The lowest BCUT2D eigenvalue weighted by Crippen LogP contribution is -2.30. The van der Waals surface area contributed by atoms with Crippen LogP contribution in [0.2, 0.25) is 0 Å². The normalized spacial score (nSPS) is 36.7. The van der Waals surface area contributed by atoms with Crippen molar-refractivity contribution in [3.8, 4) is 0 Å².